The predicted octanol–water partition coefficient (Wildman–Crippen LogP) is 1.32. The van der Waals surface area contributed by atoms with Gasteiger partial charge in [-0.3, -0.25) is 9.80 Å². The van der Waals surface area contributed by atoms with Crippen LogP contribution in [0, 0.1) is 11.8 Å². The summed E-state index contributed by atoms with van der Waals surface area (Å²) in [5.74, 6) is 1.77. The van der Waals surface area contributed by atoms with Crippen molar-refractivity contribution in [1.29, 1.82) is 0 Å². The van der Waals surface area contributed by atoms with E-state index in [9.17, 15) is 5.11 Å². The zero-order valence-electron chi connectivity index (χ0n) is 11.3. The molecule has 0 radical (unpaired) electrons. The van der Waals surface area contributed by atoms with Gasteiger partial charge in [0.25, 0.3) is 0 Å². The van der Waals surface area contributed by atoms with E-state index in [1.165, 1.54) is 45.3 Å². The van der Waals surface area contributed by atoms with Crippen LogP contribution in [0.3, 0.4) is 0 Å². The van der Waals surface area contributed by atoms with E-state index in [1.807, 2.05) is 0 Å². The normalized spacial score (nSPS) is 49.5. The van der Waals surface area contributed by atoms with Crippen molar-refractivity contribution in [3.8, 4) is 0 Å². The standard InChI is InChI=1S/C15H26N2O/c18-13-4-6-17-9-11-7-12(15(17)8-13)10-16-5-2-1-3-14(11)16/h11-15,18H,1-10H2/t11-,12-,13+,14-,15+/m1/s1. The van der Waals surface area contributed by atoms with Crippen LogP contribution in [0.25, 0.3) is 0 Å². The Labute approximate surface area is 110 Å². The number of rotatable bonds is 0. The van der Waals surface area contributed by atoms with Crippen LogP contribution in [0.2, 0.25) is 0 Å². The summed E-state index contributed by atoms with van der Waals surface area (Å²) in [6.07, 6.45) is 7.76. The first-order valence-corrected chi connectivity index (χ1v) is 7.97. The second kappa shape index (κ2) is 4.46. The van der Waals surface area contributed by atoms with Gasteiger partial charge in [-0.2, -0.15) is 0 Å². The molecule has 1 N–H and O–H groups in total. The number of aliphatic hydroxyl groups excluding tert-OH is 1. The second-order valence-electron chi connectivity index (χ2n) is 7.05. The van der Waals surface area contributed by atoms with Gasteiger partial charge in [0.2, 0.25) is 0 Å². The molecular weight excluding hydrogens is 224 g/mol. The van der Waals surface area contributed by atoms with Crippen molar-refractivity contribution in [2.45, 2.75) is 56.7 Å². The number of hydrogen-bond acceptors (Lipinski definition) is 3. The van der Waals surface area contributed by atoms with Gasteiger partial charge in [-0.25, -0.2) is 0 Å². The lowest BCUT2D eigenvalue weighted by Crippen LogP contribution is -2.64. The minimum atomic E-state index is -0.0260. The largest absolute Gasteiger partial charge is 0.393 e. The van der Waals surface area contributed by atoms with Crippen molar-refractivity contribution < 1.29 is 5.11 Å². The molecule has 18 heavy (non-hydrogen) atoms. The van der Waals surface area contributed by atoms with Crippen molar-refractivity contribution >= 4 is 0 Å². The summed E-state index contributed by atoms with van der Waals surface area (Å²) in [7, 11) is 0. The van der Waals surface area contributed by atoms with Gasteiger partial charge in [0.15, 0.2) is 0 Å². The molecule has 0 unspecified atom stereocenters. The summed E-state index contributed by atoms with van der Waals surface area (Å²) in [4.78, 5) is 5.51. The van der Waals surface area contributed by atoms with E-state index in [4.69, 9.17) is 0 Å². The molecule has 102 valence electrons. The van der Waals surface area contributed by atoms with E-state index < -0.39 is 0 Å². The average Bonchev–Trinajstić information content (AvgIpc) is 2.40. The SMILES string of the molecule is O[C@H]1CCN2C[C@H]3C[C@H](CN4CCCC[C@H]34)[C@@H]2C1. The summed E-state index contributed by atoms with van der Waals surface area (Å²) in [5, 5.41) is 9.94. The molecule has 0 amide bonds. The maximum atomic E-state index is 9.94. The summed E-state index contributed by atoms with van der Waals surface area (Å²) in [6.45, 7) is 5.11. The maximum Gasteiger partial charge on any atom is 0.0567 e. The maximum absolute atomic E-state index is 9.94. The summed E-state index contributed by atoms with van der Waals surface area (Å²) < 4.78 is 0. The van der Waals surface area contributed by atoms with Crippen molar-refractivity contribution in [2.24, 2.45) is 11.8 Å². The molecule has 3 nitrogen and oxygen atoms in total. The van der Waals surface area contributed by atoms with E-state index >= 15 is 0 Å². The molecule has 4 rings (SSSR count). The molecule has 0 aliphatic carbocycles. The zero-order valence-corrected chi connectivity index (χ0v) is 11.3. The van der Waals surface area contributed by atoms with Crippen LogP contribution in [0.1, 0.15) is 38.5 Å². The van der Waals surface area contributed by atoms with E-state index in [1.54, 1.807) is 0 Å². The fraction of sp³-hybridized carbons (Fsp3) is 1.00. The Balaban J connectivity index is 1.55. The van der Waals surface area contributed by atoms with Crippen LogP contribution in [-0.2, 0) is 0 Å². The number of fused-ring (bicyclic) bond motifs is 6. The van der Waals surface area contributed by atoms with Gasteiger partial charge in [0.1, 0.15) is 0 Å². The highest BCUT2D eigenvalue weighted by molar-refractivity contribution is 5.01. The third kappa shape index (κ3) is 1.83. The molecule has 2 bridgehead atoms. The molecule has 4 heterocycles. The Bertz CT molecular complexity index is 322. The Morgan fingerprint density at radius 2 is 1.56 bits per heavy atom. The first-order valence-electron chi connectivity index (χ1n) is 7.97. The highest BCUT2D eigenvalue weighted by atomic mass is 16.3. The van der Waals surface area contributed by atoms with Crippen LogP contribution in [0.15, 0.2) is 0 Å². The fourth-order valence-corrected chi connectivity index (χ4v) is 5.22. The number of hydrogen-bond donors (Lipinski definition) is 1. The van der Waals surface area contributed by atoms with Crippen LogP contribution < -0.4 is 0 Å². The molecule has 4 fully saturated rings. The Hall–Kier alpha value is -0.120. The highest BCUT2D eigenvalue weighted by Gasteiger charge is 2.47. The van der Waals surface area contributed by atoms with E-state index in [2.05, 4.69) is 9.80 Å². The zero-order chi connectivity index (χ0) is 12.1. The second-order valence-corrected chi connectivity index (χ2v) is 7.05. The number of piperidine rings is 4. The van der Waals surface area contributed by atoms with Gasteiger partial charge in [-0.15, -0.1) is 0 Å². The minimum absolute atomic E-state index is 0.0260. The molecule has 4 aliphatic heterocycles. The Morgan fingerprint density at radius 1 is 0.778 bits per heavy atom. The lowest BCUT2D eigenvalue weighted by Gasteiger charge is -2.57. The first-order chi connectivity index (χ1) is 8.81. The van der Waals surface area contributed by atoms with Crippen molar-refractivity contribution in [3.05, 3.63) is 0 Å². The van der Waals surface area contributed by atoms with Crippen LogP contribution in [-0.4, -0.2) is 59.3 Å². The van der Waals surface area contributed by atoms with Crippen LogP contribution in [0.5, 0.6) is 0 Å². The molecular formula is C15H26N2O. The van der Waals surface area contributed by atoms with Gasteiger partial charge >= 0.3 is 0 Å². The molecule has 3 heteroatoms. The summed E-state index contributed by atoms with van der Waals surface area (Å²) in [5.41, 5.74) is 0. The molecule has 5 atom stereocenters. The summed E-state index contributed by atoms with van der Waals surface area (Å²) >= 11 is 0. The molecule has 0 aromatic rings. The topological polar surface area (TPSA) is 26.7 Å². The highest BCUT2D eigenvalue weighted by Crippen LogP contribution is 2.42. The molecule has 0 saturated carbocycles. The quantitative estimate of drug-likeness (QED) is 0.702. The van der Waals surface area contributed by atoms with Gasteiger partial charge in [-0.05, 0) is 50.5 Å². The van der Waals surface area contributed by atoms with E-state index in [0.717, 1.165) is 37.3 Å². The van der Waals surface area contributed by atoms with Crippen molar-refractivity contribution in [1.82, 2.24) is 9.80 Å². The van der Waals surface area contributed by atoms with Crippen molar-refractivity contribution in [2.75, 3.05) is 26.2 Å². The number of nitrogens with zero attached hydrogens (tertiary/aromatic N) is 2. The summed E-state index contributed by atoms with van der Waals surface area (Å²) in [6, 6.07) is 1.58. The lowest BCUT2D eigenvalue weighted by molar-refractivity contribution is -0.0900. The van der Waals surface area contributed by atoms with Gasteiger partial charge in [0, 0.05) is 31.7 Å². The monoisotopic (exact) mass is 250 g/mol. The fourth-order valence-electron chi connectivity index (χ4n) is 5.22. The van der Waals surface area contributed by atoms with Gasteiger partial charge in [-0.1, -0.05) is 6.42 Å². The Kier molecular flexibility index (Phi) is 2.90. The molecule has 0 spiro atoms. The third-order valence-corrected chi connectivity index (χ3v) is 6.03. The Morgan fingerprint density at radius 3 is 2.44 bits per heavy atom. The number of aliphatic hydroxyl groups is 1. The van der Waals surface area contributed by atoms with E-state index in [-0.39, 0.29) is 6.10 Å². The smallest absolute Gasteiger partial charge is 0.0567 e. The van der Waals surface area contributed by atoms with Gasteiger partial charge in [0.05, 0.1) is 6.10 Å². The van der Waals surface area contributed by atoms with Gasteiger partial charge < -0.3 is 5.11 Å². The lowest BCUT2D eigenvalue weighted by atomic mass is 9.70. The molecule has 0 aromatic heterocycles. The van der Waals surface area contributed by atoms with E-state index in [0.29, 0.717) is 6.04 Å². The molecule has 4 aliphatic rings. The average molecular weight is 250 g/mol. The molecule has 4 saturated heterocycles. The minimum Gasteiger partial charge on any atom is -0.393 e. The third-order valence-electron chi connectivity index (χ3n) is 6.03. The van der Waals surface area contributed by atoms with Crippen LogP contribution in [0.4, 0.5) is 0 Å². The predicted molar refractivity (Wildman–Crippen MR) is 71.4 cm³/mol. The molecule has 0 aromatic carbocycles. The first kappa shape index (κ1) is 11.7. The van der Waals surface area contributed by atoms with Crippen molar-refractivity contribution in [3.63, 3.8) is 0 Å². The van der Waals surface area contributed by atoms with Crippen LogP contribution >= 0.6 is 0 Å².